The van der Waals surface area contributed by atoms with Gasteiger partial charge in [0.1, 0.15) is 0 Å². The molecule has 1 heterocycles. The standard InChI is InChI=1S/C21H25F3N4O3S/c22-21(23,24)17-6-4-16(5-7-17)15-28-12-10-27(11-13-28)9-8-20(29)26-18-2-1-3-19(14-18)32(25,30)31/h1-7,14H,8-13,15H2,(H,26,29)(H2,25,30,31). The summed E-state index contributed by atoms with van der Waals surface area (Å²) in [5, 5.41) is 7.77. The molecule has 0 saturated carbocycles. The van der Waals surface area contributed by atoms with Crippen LogP contribution in [0.2, 0.25) is 0 Å². The van der Waals surface area contributed by atoms with Crippen molar-refractivity contribution < 1.29 is 26.4 Å². The van der Waals surface area contributed by atoms with Gasteiger partial charge in [-0.05, 0) is 35.9 Å². The van der Waals surface area contributed by atoms with E-state index in [9.17, 15) is 26.4 Å². The third-order valence-corrected chi connectivity index (χ3v) is 6.16. The van der Waals surface area contributed by atoms with E-state index in [1.807, 2.05) is 0 Å². The second-order valence-electron chi connectivity index (χ2n) is 7.68. The van der Waals surface area contributed by atoms with E-state index in [4.69, 9.17) is 5.14 Å². The molecule has 32 heavy (non-hydrogen) atoms. The third-order valence-electron chi connectivity index (χ3n) is 5.25. The predicted octanol–water partition coefficient (Wildman–Crippen LogP) is 2.50. The number of amides is 1. The second kappa shape index (κ2) is 9.99. The van der Waals surface area contributed by atoms with Gasteiger partial charge in [-0.2, -0.15) is 13.2 Å². The summed E-state index contributed by atoms with van der Waals surface area (Å²) < 4.78 is 60.8. The first-order valence-corrected chi connectivity index (χ1v) is 11.6. The Bertz CT molecular complexity index is 1040. The molecule has 0 unspecified atom stereocenters. The molecule has 0 atom stereocenters. The van der Waals surface area contributed by atoms with Crippen molar-refractivity contribution in [2.24, 2.45) is 5.14 Å². The Morgan fingerprint density at radius 2 is 1.62 bits per heavy atom. The highest BCUT2D eigenvalue weighted by atomic mass is 32.2. The molecule has 1 aliphatic rings. The van der Waals surface area contributed by atoms with Crippen molar-refractivity contribution in [1.82, 2.24) is 9.80 Å². The molecule has 2 aromatic carbocycles. The number of nitrogens with zero attached hydrogens (tertiary/aromatic N) is 2. The molecular formula is C21H25F3N4O3S. The number of rotatable bonds is 7. The van der Waals surface area contributed by atoms with E-state index in [1.54, 1.807) is 6.07 Å². The number of sulfonamides is 1. The van der Waals surface area contributed by atoms with E-state index in [2.05, 4.69) is 15.1 Å². The molecular weight excluding hydrogens is 445 g/mol. The summed E-state index contributed by atoms with van der Waals surface area (Å²) in [6, 6.07) is 11.0. The molecule has 1 fully saturated rings. The van der Waals surface area contributed by atoms with E-state index in [1.165, 1.54) is 30.3 Å². The molecule has 1 aliphatic heterocycles. The highest BCUT2D eigenvalue weighted by Crippen LogP contribution is 2.29. The van der Waals surface area contributed by atoms with E-state index in [-0.39, 0.29) is 17.2 Å². The average Bonchev–Trinajstić information content (AvgIpc) is 2.73. The maximum Gasteiger partial charge on any atom is 0.416 e. The number of benzene rings is 2. The van der Waals surface area contributed by atoms with Gasteiger partial charge in [0.15, 0.2) is 0 Å². The monoisotopic (exact) mass is 470 g/mol. The van der Waals surface area contributed by atoms with Crippen LogP contribution < -0.4 is 10.5 Å². The Kier molecular flexibility index (Phi) is 7.55. The van der Waals surface area contributed by atoms with Crippen LogP contribution in [-0.4, -0.2) is 56.8 Å². The molecule has 11 heteroatoms. The molecule has 0 aliphatic carbocycles. The summed E-state index contributed by atoms with van der Waals surface area (Å²) in [5.74, 6) is -0.233. The first-order valence-electron chi connectivity index (χ1n) is 10.0. The molecule has 1 saturated heterocycles. The minimum Gasteiger partial charge on any atom is -0.326 e. The van der Waals surface area contributed by atoms with Gasteiger partial charge in [-0.15, -0.1) is 0 Å². The number of carbonyl (C=O) groups is 1. The minimum absolute atomic E-state index is 0.0699. The highest BCUT2D eigenvalue weighted by molar-refractivity contribution is 7.89. The minimum atomic E-state index is -4.33. The van der Waals surface area contributed by atoms with Crippen LogP contribution in [0.15, 0.2) is 53.4 Å². The lowest BCUT2D eigenvalue weighted by atomic mass is 10.1. The Labute approximate surface area is 185 Å². The highest BCUT2D eigenvalue weighted by Gasteiger charge is 2.30. The molecule has 174 valence electrons. The normalized spacial score (nSPS) is 16.1. The Balaban J connectivity index is 1.41. The Hall–Kier alpha value is -2.47. The maximum atomic E-state index is 12.7. The van der Waals surface area contributed by atoms with Crippen LogP contribution in [0.3, 0.4) is 0 Å². The number of hydrogen-bond acceptors (Lipinski definition) is 5. The average molecular weight is 471 g/mol. The van der Waals surface area contributed by atoms with Gasteiger partial charge in [-0.3, -0.25) is 9.69 Å². The molecule has 3 N–H and O–H groups in total. The van der Waals surface area contributed by atoms with Crippen molar-refractivity contribution in [1.29, 1.82) is 0 Å². The number of carbonyl (C=O) groups excluding carboxylic acids is 1. The number of piperazine rings is 1. The number of anilines is 1. The molecule has 2 aromatic rings. The van der Waals surface area contributed by atoms with Crippen LogP contribution in [0.25, 0.3) is 0 Å². The van der Waals surface area contributed by atoms with Crippen LogP contribution in [0.1, 0.15) is 17.5 Å². The predicted molar refractivity (Wildman–Crippen MR) is 114 cm³/mol. The van der Waals surface area contributed by atoms with Gasteiger partial charge < -0.3 is 10.2 Å². The van der Waals surface area contributed by atoms with Gasteiger partial charge in [-0.1, -0.05) is 18.2 Å². The van der Waals surface area contributed by atoms with Gasteiger partial charge in [0.25, 0.3) is 0 Å². The van der Waals surface area contributed by atoms with Crippen molar-refractivity contribution >= 4 is 21.6 Å². The molecule has 0 bridgehead atoms. The van der Waals surface area contributed by atoms with Crippen molar-refractivity contribution in [3.63, 3.8) is 0 Å². The van der Waals surface area contributed by atoms with Gasteiger partial charge >= 0.3 is 6.18 Å². The van der Waals surface area contributed by atoms with Crippen LogP contribution in [0.5, 0.6) is 0 Å². The van der Waals surface area contributed by atoms with Gasteiger partial charge in [0.05, 0.1) is 10.5 Å². The zero-order chi connectivity index (χ0) is 23.4. The molecule has 0 aromatic heterocycles. The molecule has 0 radical (unpaired) electrons. The van der Waals surface area contributed by atoms with Crippen LogP contribution in [0.4, 0.5) is 18.9 Å². The fraction of sp³-hybridized carbons (Fsp3) is 0.381. The Morgan fingerprint density at radius 3 is 2.22 bits per heavy atom. The van der Waals surface area contributed by atoms with Crippen molar-refractivity contribution in [3.05, 3.63) is 59.7 Å². The molecule has 3 rings (SSSR count). The quantitative estimate of drug-likeness (QED) is 0.648. The van der Waals surface area contributed by atoms with E-state index in [0.717, 1.165) is 43.9 Å². The maximum absolute atomic E-state index is 12.7. The lowest BCUT2D eigenvalue weighted by molar-refractivity contribution is -0.137. The first-order chi connectivity index (χ1) is 15.0. The zero-order valence-corrected chi connectivity index (χ0v) is 18.1. The summed E-state index contributed by atoms with van der Waals surface area (Å²) in [5.41, 5.74) is 0.538. The van der Waals surface area contributed by atoms with Crippen molar-refractivity contribution in [2.75, 3.05) is 38.0 Å². The van der Waals surface area contributed by atoms with Crippen LogP contribution in [-0.2, 0) is 27.5 Å². The molecule has 7 nitrogen and oxygen atoms in total. The summed E-state index contributed by atoms with van der Waals surface area (Å²) >= 11 is 0. The summed E-state index contributed by atoms with van der Waals surface area (Å²) in [4.78, 5) is 16.4. The van der Waals surface area contributed by atoms with E-state index < -0.39 is 21.8 Å². The molecule has 0 spiro atoms. The molecule has 1 amide bonds. The SMILES string of the molecule is NS(=O)(=O)c1cccc(NC(=O)CCN2CCN(Cc3ccc(C(F)(F)F)cc3)CC2)c1. The van der Waals surface area contributed by atoms with Gasteiger partial charge in [0, 0.05) is 51.4 Å². The topological polar surface area (TPSA) is 95.7 Å². The number of halogens is 3. The fourth-order valence-electron chi connectivity index (χ4n) is 3.46. The fourth-order valence-corrected chi connectivity index (χ4v) is 4.02. The largest absolute Gasteiger partial charge is 0.416 e. The number of hydrogen-bond donors (Lipinski definition) is 2. The smallest absolute Gasteiger partial charge is 0.326 e. The number of primary sulfonamides is 1. The Morgan fingerprint density at radius 1 is 1.00 bits per heavy atom. The number of nitrogens with one attached hydrogen (secondary N) is 1. The van der Waals surface area contributed by atoms with Crippen molar-refractivity contribution in [2.45, 2.75) is 24.0 Å². The van der Waals surface area contributed by atoms with E-state index >= 15 is 0 Å². The summed E-state index contributed by atoms with van der Waals surface area (Å²) in [6.07, 6.45) is -4.08. The summed E-state index contributed by atoms with van der Waals surface area (Å²) in [7, 11) is -3.84. The lowest BCUT2D eigenvalue weighted by Gasteiger charge is -2.34. The number of nitrogens with two attached hydrogens (primary N) is 1. The van der Waals surface area contributed by atoms with Gasteiger partial charge in [0.2, 0.25) is 15.9 Å². The van der Waals surface area contributed by atoms with Crippen molar-refractivity contribution in [3.8, 4) is 0 Å². The zero-order valence-electron chi connectivity index (χ0n) is 17.3. The first kappa shape index (κ1) is 24.2. The second-order valence-corrected chi connectivity index (χ2v) is 9.24. The van der Waals surface area contributed by atoms with Crippen LogP contribution in [0, 0.1) is 0 Å². The lowest BCUT2D eigenvalue weighted by Crippen LogP contribution is -2.46. The van der Waals surface area contributed by atoms with E-state index in [0.29, 0.717) is 18.8 Å². The summed E-state index contributed by atoms with van der Waals surface area (Å²) in [6.45, 7) is 4.11. The third kappa shape index (κ3) is 7.02. The van der Waals surface area contributed by atoms with Crippen LogP contribution >= 0.6 is 0 Å². The number of alkyl halides is 3. The van der Waals surface area contributed by atoms with Gasteiger partial charge in [-0.25, -0.2) is 13.6 Å².